The van der Waals surface area contributed by atoms with Gasteiger partial charge in [0.2, 0.25) is 0 Å². The molecule has 0 saturated heterocycles. The SMILES string of the molecule is CC/C=C\C/C=C\C/C=C\C/C=C\C/C=C\C/C=C\CCC(=O)OC[C@H](COP(=O)(O)OC[C@@H](O)COP(=O)(O)OC[C@@H](COC(=O)CCCCCCCCCCCCCCC)OC(=O)CCCCC/C=C\C/C=C\C/C=C\C/C=C\C/C=C\CC)OC(=O)CCCCC/C=C\C/C=C\C/C=C\C/C=C\C/C=C\CC. The van der Waals surface area contributed by atoms with E-state index >= 15 is 0 Å². The first-order valence-electron chi connectivity index (χ1n) is 41.7. The molecule has 0 aliphatic carbocycles. The number of aliphatic hydroxyl groups excluding tert-OH is 1. The van der Waals surface area contributed by atoms with Crippen molar-refractivity contribution in [3.63, 3.8) is 0 Å². The summed E-state index contributed by atoms with van der Waals surface area (Å²) in [6.07, 6.45) is 99.9. The van der Waals surface area contributed by atoms with Crippen molar-refractivity contribution in [3.05, 3.63) is 194 Å². The third-order valence-corrected chi connectivity index (χ3v) is 18.5. The monoisotopic (exact) mass is 1570 g/mol. The molecule has 19 heteroatoms. The number of esters is 4. The van der Waals surface area contributed by atoms with Gasteiger partial charge in [0.15, 0.2) is 12.2 Å². The van der Waals surface area contributed by atoms with Gasteiger partial charge in [0, 0.05) is 25.7 Å². The Hall–Kier alpha value is -6.10. The van der Waals surface area contributed by atoms with Gasteiger partial charge in [-0.25, -0.2) is 9.13 Å². The summed E-state index contributed by atoms with van der Waals surface area (Å²) in [5, 5.41) is 10.7. The molecule has 0 aliphatic heterocycles. The molecule has 0 aromatic heterocycles. The number of phosphoric acid groups is 2. The molecule has 0 aromatic rings. The van der Waals surface area contributed by atoms with E-state index in [9.17, 15) is 43.2 Å². The standard InChI is InChI=1S/C91H146O17P2/c1-5-9-13-17-21-25-29-33-36-39-42-45-48-52-56-60-64-68-72-76-89(94)102-82-87(108-91(96)78-74-70-66-62-58-54-50-47-44-41-38-35-31-27-23-19-15-11-7-3)84-106-110(99,100)104-80-85(92)79-103-109(97,98)105-83-86(81-101-88(93)75-71-67-63-59-55-51-32-28-24-20-16-12-8-4)107-90(95)77-73-69-65-61-57-53-49-46-43-40-37-34-30-26-22-18-14-10-6-2/h9-11,13-15,21-23,25-27,33-38,42-47,52-54,56-58,64,68,85-87,92H,5-8,12,16-20,24,28-32,39-41,48-51,55,59-63,65-67,69-84H2,1-4H3,(H,97,98)(H,99,100)/b13-9-,14-10-,15-11-,25-21-,26-22-,27-23-,36-33-,37-34-,38-35-,45-42-,46-43-,47-44-,56-52-,57-53-,58-54-,68-64-/t85-,86+,87+/m0/s1. The molecule has 0 radical (unpaired) electrons. The summed E-state index contributed by atoms with van der Waals surface area (Å²) in [5.74, 6) is -2.36. The van der Waals surface area contributed by atoms with E-state index in [-0.39, 0.29) is 25.7 Å². The minimum atomic E-state index is -5.02. The maximum atomic E-state index is 13.1. The van der Waals surface area contributed by atoms with Gasteiger partial charge in [-0.05, 0) is 154 Å². The quantitative estimate of drug-likeness (QED) is 0.0169. The van der Waals surface area contributed by atoms with Crippen LogP contribution >= 0.6 is 15.6 Å². The lowest BCUT2D eigenvalue weighted by molar-refractivity contribution is -0.161. The Bertz CT molecular complexity index is 2850. The molecule has 0 fully saturated rings. The molecular formula is C91H146O17P2. The first-order valence-corrected chi connectivity index (χ1v) is 44.7. The molecule has 0 aliphatic rings. The third-order valence-electron chi connectivity index (χ3n) is 16.6. The zero-order valence-corrected chi connectivity index (χ0v) is 69.9. The van der Waals surface area contributed by atoms with Gasteiger partial charge in [0.1, 0.15) is 19.3 Å². The van der Waals surface area contributed by atoms with Crippen LogP contribution in [0.15, 0.2) is 194 Å². The van der Waals surface area contributed by atoms with Gasteiger partial charge < -0.3 is 33.8 Å². The number of unbranched alkanes of at least 4 members (excludes halogenated alkanes) is 18. The third kappa shape index (κ3) is 80.0. The fraction of sp³-hybridized carbons (Fsp3) is 0.604. The lowest BCUT2D eigenvalue weighted by Crippen LogP contribution is -2.30. The molecule has 0 aromatic carbocycles. The van der Waals surface area contributed by atoms with E-state index in [1.165, 1.54) is 51.4 Å². The molecule has 2 unspecified atom stereocenters. The molecular weight excluding hydrogens is 1430 g/mol. The maximum absolute atomic E-state index is 13.1. The summed E-state index contributed by atoms with van der Waals surface area (Å²) in [5.41, 5.74) is 0. The zero-order valence-electron chi connectivity index (χ0n) is 68.1. The van der Waals surface area contributed by atoms with Gasteiger partial charge in [-0.1, -0.05) is 312 Å². The van der Waals surface area contributed by atoms with E-state index in [1.807, 2.05) is 18.2 Å². The Kier molecular flexibility index (Phi) is 76.4. The van der Waals surface area contributed by atoms with Crippen LogP contribution in [-0.2, 0) is 65.4 Å². The van der Waals surface area contributed by atoms with Gasteiger partial charge in [0.05, 0.1) is 26.4 Å². The van der Waals surface area contributed by atoms with Crippen LogP contribution in [-0.4, -0.2) is 96.7 Å². The highest BCUT2D eigenvalue weighted by molar-refractivity contribution is 7.47. The van der Waals surface area contributed by atoms with Crippen molar-refractivity contribution in [1.82, 2.24) is 0 Å². The van der Waals surface area contributed by atoms with Crippen LogP contribution in [0.2, 0.25) is 0 Å². The molecule has 0 bridgehead atoms. The highest BCUT2D eigenvalue weighted by Gasteiger charge is 2.30. The van der Waals surface area contributed by atoms with E-state index in [2.05, 4.69) is 204 Å². The fourth-order valence-electron chi connectivity index (χ4n) is 10.4. The Morgan fingerprint density at radius 2 is 0.491 bits per heavy atom. The number of phosphoric ester groups is 2. The molecule has 622 valence electrons. The van der Waals surface area contributed by atoms with E-state index in [1.54, 1.807) is 0 Å². The van der Waals surface area contributed by atoms with Crippen LogP contribution in [0.25, 0.3) is 0 Å². The number of allylic oxidation sites excluding steroid dienone is 32. The number of ether oxygens (including phenoxy) is 4. The van der Waals surface area contributed by atoms with Crippen LogP contribution in [0, 0.1) is 0 Å². The van der Waals surface area contributed by atoms with E-state index in [4.69, 9.17) is 37.0 Å². The lowest BCUT2D eigenvalue weighted by atomic mass is 10.0. The van der Waals surface area contributed by atoms with Crippen LogP contribution in [0.1, 0.15) is 297 Å². The summed E-state index contributed by atoms with van der Waals surface area (Å²) in [7, 11) is -10.0. The predicted molar refractivity (Wildman–Crippen MR) is 454 cm³/mol. The van der Waals surface area contributed by atoms with E-state index in [0.29, 0.717) is 32.1 Å². The number of carbonyl (C=O) groups is 4. The van der Waals surface area contributed by atoms with Gasteiger partial charge >= 0.3 is 39.5 Å². The van der Waals surface area contributed by atoms with Crippen molar-refractivity contribution in [1.29, 1.82) is 0 Å². The summed E-state index contributed by atoms with van der Waals surface area (Å²) in [6, 6.07) is 0. The number of hydrogen-bond acceptors (Lipinski definition) is 15. The number of aliphatic hydroxyl groups is 1. The molecule has 0 saturated carbocycles. The van der Waals surface area contributed by atoms with Crippen LogP contribution in [0.4, 0.5) is 0 Å². The second kappa shape index (κ2) is 80.9. The van der Waals surface area contributed by atoms with Crippen molar-refractivity contribution in [2.24, 2.45) is 0 Å². The fourth-order valence-corrected chi connectivity index (χ4v) is 11.9. The van der Waals surface area contributed by atoms with Gasteiger partial charge in [0.25, 0.3) is 0 Å². The van der Waals surface area contributed by atoms with Crippen molar-refractivity contribution in [2.75, 3.05) is 39.6 Å². The highest BCUT2D eigenvalue weighted by atomic mass is 31.2. The molecule has 0 heterocycles. The molecule has 5 atom stereocenters. The van der Waals surface area contributed by atoms with Gasteiger partial charge in [-0.15, -0.1) is 0 Å². The second-order valence-electron chi connectivity index (χ2n) is 26.9. The Balaban J connectivity index is 5.53. The predicted octanol–water partition coefficient (Wildman–Crippen LogP) is 24.9. The lowest BCUT2D eigenvalue weighted by Gasteiger charge is -2.21. The summed E-state index contributed by atoms with van der Waals surface area (Å²) < 4.78 is 68.6. The van der Waals surface area contributed by atoms with Crippen LogP contribution in [0.3, 0.4) is 0 Å². The summed E-state index contributed by atoms with van der Waals surface area (Å²) in [4.78, 5) is 73.2. The van der Waals surface area contributed by atoms with Crippen molar-refractivity contribution < 1.29 is 80.2 Å². The number of hydrogen-bond donors (Lipinski definition) is 3. The molecule has 110 heavy (non-hydrogen) atoms. The normalized spacial score (nSPS) is 14.8. The largest absolute Gasteiger partial charge is 0.472 e. The topological polar surface area (TPSA) is 237 Å². The molecule has 17 nitrogen and oxygen atoms in total. The Morgan fingerprint density at radius 3 is 0.782 bits per heavy atom. The first-order chi connectivity index (χ1) is 53.7. The van der Waals surface area contributed by atoms with Crippen LogP contribution < -0.4 is 0 Å². The average Bonchev–Trinajstić information content (AvgIpc) is 0.906. The smallest absolute Gasteiger partial charge is 0.462 e. The maximum Gasteiger partial charge on any atom is 0.472 e. The summed E-state index contributed by atoms with van der Waals surface area (Å²) >= 11 is 0. The van der Waals surface area contributed by atoms with E-state index in [0.717, 1.165) is 161 Å². The minimum absolute atomic E-state index is 0.0201. The van der Waals surface area contributed by atoms with E-state index < -0.39 is 97.5 Å². The number of rotatable bonds is 76. The Morgan fingerprint density at radius 1 is 0.264 bits per heavy atom. The summed E-state index contributed by atoms with van der Waals surface area (Å²) in [6.45, 7) is 4.36. The molecule has 3 N–H and O–H groups in total. The van der Waals surface area contributed by atoms with Crippen molar-refractivity contribution >= 4 is 39.5 Å². The van der Waals surface area contributed by atoms with Gasteiger partial charge in [-0.2, -0.15) is 0 Å². The van der Waals surface area contributed by atoms with Crippen molar-refractivity contribution in [3.8, 4) is 0 Å². The highest BCUT2D eigenvalue weighted by Crippen LogP contribution is 2.45. The number of carbonyl (C=O) groups excluding carboxylic acids is 4. The first kappa shape index (κ1) is 104. The zero-order chi connectivity index (χ0) is 80.3. The molecule has 0 rings (SSSR count). The minimum Gasteiger partial charge on any atom is -0.462 e. The average molecular weight is 1570 g/mol. The second-order valence-corrected chi connectivity index (χ2v) is 29.8. The van der Waals surface area contributed by atoms with Gasteiger partial charge in [-0.3, -0.25) is 37.3 Å². The molecule has 0 spiro atoms. The molecule has 0 amide bonds. The van der Waals surface area contributed by atoms with Crippen LogP contribution in [0.5, 0.6) is 0 Å². The Labute approximate surface area is 666 Å². The van der Waals surface area contributed by atoms with Crippen molar-refractivity contribution in [2.45, 2.75) is 316 Å².